The molecule has 140 valence electrons. The third-order valence-electron chi connectivity index (χ3n) is 5.73. The second kappa shape index (κ2) is 7.56. The van der Waals surface area contributed by atoms with Crippen LogP contribution in [-0.2, 0) is 20.8 Å². The normalized spacial score (nSPS) is 26.1. The Labute approximate surface area is 160 Å². The highest BCUT2D eigenvalue weighted by Crippen LogP contribution is 2.37. The maximum absolute atomic E-state index is 5.88. The number of hydrogen-bond acceptors (Lipinski definition) is 4. The van der Waals surface area contributed by atoms with Gasteiger partial charge in [-0.1, -0.05) is 60.7 Å². The van der Waals surface area contributed by atoms with Gasteiger partial charge in [0.25, 0.3) is 0 Å². The van der Waals surface area contributed by atoms with Crippen LogP contribution in [0.2, 0.25) is 0 Å². The van der Waals surface area contributed by atoms with Crippen LogP contribution in [0.3, 0.4) is 0 Å². The van der Waals surface area contributed by atoms with Crippen molar-refractivity contribution in [2.24, 2.45) is 0 Å². The standard InChI is InChI=1S/C23H25NO3/c1-2-6-17(7-3-1)14-24-19-12-18(13-20(24)16-25-15-19)21-8-4-5-9-22(21)23-26-10-11-27-23/h1-9,12,19-20,23H,10-11,13-16H2. The SMILES string of the molecule is C1=C(c2ccccc2C2OCCO2)CC2COCC1N2Cc1ccccc1. The number of benzene rings is 2. The molecule has 2 aromatic carbocycles. The van der Waals surface area contributed by atoms with Gasteiger partial charge >= 0.3 is 0 Å². The maximum Gasteiger partial charge on any atom is 0.184 e. The highest BCUT2D eigenvalue weighted by atomic mass is 16.7. The van der Waals surface area contributed by atoms with Crippen LogP contribution < -0.4 is 0 Å². The highest BCUT2D eigenvalue weighted by molar-refractivity contribution is 5.70. The fourth-order valence-corrected chi connectivity index (χ4v) is 4.43. The minimum absolute atomic E-state index is 0.236. The van der Waals surface area contributed by atoms with Gasteiger partial charge in [0.1, 0.15) is 0 Å². The molecule has 0 aliphatic carbocycles. The molecule has 2 bridgehead atoms. The van der Waals surface area contributed by atoms with Crippen LogP contribution in [0.25, 0.3) is 5.57 Å². The van der Waals surface area contributed by atoms with Gasteiger partial charge in [-0.3, -0.25) is 4.90 Å². The van der Waals surface area contributed by atoms with Crippen molar-refractivity contribution in [1.82, 2.24) is 4.90 Å². The second-order valence-electron chi connectivity index (χ2n) is 7.47. The van der Waals surface area contributed by atoms with Gasteiger partial charge in [-0.15, -0.1) is 0 Å². The van der Waals surface area contributed by atoms with E-state index in [0.717, 1.165) is 31.7 Å². The number of rotatable bonds is 4. The van der Waals surface area contributed by atoms with Crippen molar-refractivity contribution in [2.45, 2.75) is 31.3 Å². The number of hydrogen-bond donors (Lipinski definition) is 0. The second-order valence-corrected chi connectivity index (χ2v) is 7.47. The Balaban J connectivity index is 1.44. The van der Waals surface area contributed by atoms with Gasteiger partial charge in [0.2, 0.25) is 0 Å². The lowest BCUT2D eigenvalue weighted by molar-refractivity contribution is -0.0451. The number of nitrogens with zero attached hydrogens (tertiary/aromatic N) is 1. The third-order valence-corrected chi connectivity index (χ3v) is 5.73. The zero-order chi connectivity index (χ0) is 18.1. The summed E-state index contributed by atoms with van der Waals surface area (Å²) in [5.74, 6) is 0. The lowest BCUT2D eigenvalue weighted by Gasteiger charge is -2.45. The van der Waals surface area contributed by atoms with E-state index in [0.29, 0.717) is 25.3 Å². The van der Waals surface area contributed by atoms with Crippen molar-refractivity contribution in [3.8, 4) is 0 Å². The first-order valence-electron chi connectivity index (χ1n) is 9.79. The Hall–Kier alpha value is -1.98. The van der Waals surface area contributed by atoms with Crippen LogP contribution in [0.5, 0.6) is 0 Å². The van der Waals surface area contributed by atoms with E-state index in [2.05, 4.69) is 65.6 Å². The molecule has 4 nitrogen and oxygen atoms in total. The summed E-state index contributed by atoms with van der Waals surface area (Å²) in [6.07, 6.45) is 3.15. The first-order chi connectivity index (χ1) is 13.4. The minimum Gasteiger partial charge on any atom is -0.378 e. The molecule has 0 N–H and O–H groups in total. The van der Waals surface area contributed by atoms with E-state index in [1.807, 2.05) is 0 Å². The van der Waals surface area contributed by atoms with Gasteiger partial charge in [0.15, 0.2) is 6.29 Å². The summed E-state index contributed by atoms with van der Waals surface area (Å²) in [7, 11) is 0. The molecule has 0 aromatic heterocycles. The summed E-state index contributed by atoms with van der Waals surface area (Å²) in [6, 6.07) is 20.0. The summed E-state index contributed by atoms with van der Waals surface area (Å²) in [4.78, 5) is 2.59. The molecular formula is C23H25NO3. The topological polar surface area (TPSA) is 30.9 Å². The van der Waals surface area contributed by atoms with Crippen molar-refractivity contribution >= 4 is 5.57 Å². The summed E-state index contributed by atoms with van der Waals surface area (Å²) in [5.41, 5.74) is 5.17. The molecule has 2 atom stereocenters. The summed E-state index contributed by atoms with van der Waals surface area (Å²) < 4.78 is 17.4. The zero-order valence-corrected chi connectivity index (χ0v) is 15.4. The van der Waals surface area contributed by atoms with Crippen molar-refractivity contribution < 1.29 is 14.2 Å². The Kier molecular flexibility index (Phi) is 4.80. The highest BCUT2D eigenvalue weighted by Gasteiger charge is 2.36. The molecule has 3 aliphatic heterocycles. The lowest BCUT2D eigenvalue weighted by Crippen LogP contribution is -2.53. The van der Waals surface area contributed by atoms with Gasteiger partial charge in [-0.2, -0.15) is 0 Å². The Morgan fingerprint density at radius 1 is 0.889 bits per heavy atom. The van der Waals surface area contributed by atoms with Crippen molar-refractivity contribution in [3.05, 3.63) is 77.4 Å². The molecule has 5 rings (SSSR count). The molecule has 27 heavy (non-hydrogen) atoms. The molecule has 3 aliphatic rings. The van der Waals surface area contributed by atoms with E-state index >= 15 is 0 Å². The van der Waals surface area contributed by atoms with Gasteiger partial charge < -0.3 is 14.2 Å². The van der Waals surface area contributed by atoms with Crippen LogP contribution in [0.1, 0.15) is 29.4 Å². The van der Waals surface area contributed by atoms with Crippen LogP contribution >= 0.6 is 0 Å². The molecule has 0 saturated carbocycles. The minimum atomic E-state index is -0.236. The fourth-order valence-electron chi connectivity index (χ4n) is 4.43. The predicted molar refractivity (Wildman–Crippen MR) is 104 cm³/mol. The maximum atomic E-state index is 5.88. The van der Waals surface area contributed by atoms with Gasteiger partial charge in [-0.05, 0) is 23.1 Å². The number of ether oxygens (including phenoxy) is 3. The van der Waals surface area contributed by atoms with Crippen LogP contribution in [0.15, 0.2) is 60.7 Å². The first-order valence-corrected chi connectivity index (χ1v) is 9.79. The average Bonchev–Trinajstić information content (AvgIpc) is 3.23. The Morgan fingerprint density at radius 2 is 1.67 bits per heavy atom. The van der Waals surface area contributed by atoms with E-state index in [4.69, 9.17) is 14.2 Å². The number of fused-ring (bicyclic) bond motifs is 2. The monoisotopic (exact) mass is 363 g/mol. The molecule has 2 unspecified atom stereocenters. The summed E-state index contributed by atoms with van der Waals surface area (Å²) in [5, 5.41) is 0. The summed E-state index contributed by atoms with van der Waals surface area (Å²) in [6.45, 7) is 3.86. The molecule has 2 aromatic rings. The van der Waals surface area contributed by atoms with Gasteiger partial charge in [0.05, 0.1) is 32.5 Å². The molecule has 3 heterocycles. The fraction of sp³-hybridized carbons (Fsp3) is 0.391. The van der Waals surface area contributed by atoms with Gasteiger partial charge in [0, 0.05) is 18.2 Å². The van der Waals surface area contributed by atoms with Crippen molar-refractivity contribution in [3.63, 3.8) is 0 Å². The van der Waals surface area contributed by atoms with E-state index in [1.165, 1.54) is 16.7 Å². The smallest absolute Gasteiger partial charge is 0.184 e. The lowest BCUT2D eigenvalue weighted by atomic mass is 9.87. The van der Waals surface area contributed by atoms with Crippen molar-refractivity contribution in [2.75, 3.05) is 26.4 Å². The third kappa shape index (κ3) is 3.46. The van der Waals surface area contributed by atoms with Crippen LogP contribution in [-0.4, -0.2) is 43.4 Å². The molecule has 0 amide bonds. The number of morpholine rings is 1. The largest absolute Gasteiger partial charge is 0.378 e. The molecular weight excluding hydrogens is 338 g/mol. The quantitative estimate of drug-likeness (QED) is 0.827. The van der Waals surface area contributed by atoms with Gasteiger partial charge in [-0.25, -0.2) is 0 Å². The van der Waals surface area contributed by atoms with E-state index in [-0.39, 0.29) is 6.29 Å². The van der Waals surface area contributed by atoms with Crippen LogP contribution in [0, 0.1) is 0 Å². The first kappa shape index (κ1) is 17.1. The summed E-state index contributed by atoms with van der Waals surface area (Å²) >= 11 is 0. The zero-order valence-electron chi connectivity index (χ0n) is 15.4. The Morgan fingerprint density at radius 3 is 2.48 bits per heavy atom. The molecule has 2 fully saturated rings. The molecule has 0 spiro atoms. The predicted octanol–water partition coefficient (Wildman–Crippen LogP) is 3.79. The van der Waals surface area contributed by atoms with E-state index < -0.39 is 0 Å². The molecule has 4 heteroatoms. The van der Waals surface area contributed by atoms with Crippen molar-refractivity contribution in [1.29, 1.82) is 0 Å². The molecule has 2 saturated heterocycles. The average molecular weight is 363 g/mol. The van der Waals surface area contributed by atoms with E-state index in [1.54, 1.807) is 0 Å². The molecule has 0 radical (unpaired) electrons. The van der Waals surface area contributed by atoms with Crippen LogP contribution in [0.4, 0.5) is 0 Å². The van der Waals surface area contributed by atoms with E-state index in [9.17, 15) is 0 Å². The Bertz CT molecular complexity index is 813.